The second-order valence-electron chi connectivity index (χ2n) is 11.7. The molecule has 3 heterocycles. The molecule has 13 heteroatoms. The number of fused-ring (bicyclic) bond motifs is 1. The van der Waals surface area contributed by atoms with Gasteiger partial charge < -0.3 is 39.8 Å². The molecule has 0 spiro atoms. The van der Waals surface area contributed by atoms with Gasteiger partial charge >= 0.3 is 12.0 Å². The van der Waals surface area contributed by atoms with E-state index in [0.717, 1.165) is 5.56 Å². The van der Waals surface area contributed by atoms with Gasteiger partial charge in [0.05, 0.1) is 32.3 Å². The van der Waals surface area contributed by atoms with Gasteiger partial charge in [0.25, 0.3) is 0 Å². The molecular formula is C31H39N5O8. The molecule has 3 atom stereocenters. The summed E-state index contributed by atoms with van der Waals surface area (Å²) < 4.78 is 17.7. The van der Waals surface area contributed by atoms with Gasteiger partial charge in [-0.1, -0.05) is 24.3 Å². The average Bonchev–Trinajstić information content (AvgIpc) is 3.46. The number of aliphatic carboxylic acids is 1. The number of rotatable bonds is 8. The number of methoxy groups -OCH3 is 1. The number of hydrogen-bond donors (Lipinski definition) is 3. The number of piperazine rings is 1. The minimum Gasteiger partial charge on any atom is -0.495 e. The largest absolute Gasteiger partial charge is 0.495 e. The number of para-hydroxylation sites is 1. The third kappa shape index (κ3) is 6.95. The third-order valence-electron chi connectivity index (χ3n) is 8.12. The fourth-order valence-electron chi connectivity index (χ4n) is 6.01. The van der Waals surface area contributed by atoms with E-state index in [0.29, 0.717) is 48.9 Å². The molecule has 0 bridgehead atoms. The number of carboxylic acid groups (broad SMARTS) is 1. The summed E-state index contributed by atoms with van der Waals surface area (Å²) >= 11 is 0. The Bertz CT molecular complexity index is 1420. The summed E-state index contributed by atoms with van der Waals surface area (Å²) in [5, 5.41) is 14.7. The first-order valence-corrected chi connectivity index (χ1v) is 14.6. The molecule has 13 nitrogen and oxygen atoms in total. The van der Waals surface area contributed by atoms with E-state index in [9.17, 15) is 19.2 Å². The highest BCUT2D eigenvalue weighted by atomic mass is 16.8. The van der Waals surface area contributed by atoms with Gasteiger partial charge in [0.15, 0.2) is 5.79 Å². The molecule has 0 aromatic heterocycles. The molecule has 0 unspecified atom stereocenters. The summed E-state index contributed by atoms with van der Waals surface area (Å²) in [4.78, 5) is 56.3. The number of amides is 4. The number of carbonyl (C=O) groups excluding carboxylic acids is 3. The van der Waals surface area contributed by atoms with E-state index in [1.165, 1.54) is 12.0 Å². The number of carboxylic acids is 1. The van der Waals surface area contributed by atoms with Crippen molar-refractivity contribution in [1.82, 2.24) is 14.7 Å². The van der Waals surface area contributed by atoms with Gasteiger partial charge in [-0.25, -0.2) is 4.79 Å². The van der Waals surface area contributed by atoms with Gasteiger partial charge in [0, 0.05) is 31.9 Å². The Labute approximate surface area is 256 Å². The van der Waals surface area contributed by atoms with Crippen LogP contribution in [-0.4, -0.2) is 114 Å². The van der Waals surface area contributed by atoms with Crippen LogP contribution in [0.3, 0.4) is 0 Å². The van der Waals surface area contributed by atoms with Crippen LogP contribution in [0.25, 0.3) is 0 Å². The number of anilines is 2. The zero-order chi connectivity index (χ0) is 31.6. The lowest BCUT2D eigenvalue weighted by Crippen LogP contribution is -2.57. The molecule has 2 aromatic rings. The number of benzene rings is 2. The number of ether oxygens (including phenoxy) is 3. The summed E-state index contributed by atoms with van der Waals surface area (Å²) in [5.74, 6) is -1.92. The van der Waals surface area contributed by atoms with Crippen molar-refractivity contribution in [2.24, 2.45) is 0 Å². The van der Waals surface area contributed by atoms with E-state index in [1.807, 2.05) is 31.2 Å². The van der Waals surface area contributed by atoms with Gasteiger partial charge in [-0.05, 0) is 50.1 Å². The highest BCUT2D eigenvalue weighted by Gasteiger charge is 2.57. The van der Waals surface area contributed by atoms with Crippen LogP contribution in [0.5, 0.6) is 5.75 Å². The molecule has 236 valence electrons. The number of carbonyl (C=O) groups is 4. The Hall–Kier alpha value is -4.20. The summed E-state index contributed by atoms with van der Waals surface area (Å²) in [6, 6.07) is 11.2. The predicted molar refractivity (Wildman–Crippen MR) is 161 cm³/mol. The molecule has 3 fully saturated rings. The molecule has 0 radical (unpaired) electrons. The average molecular weight is 610 g/mol. The van der Waals surface area contributed by atoms with Crippen LogP contribution in [-0.2, 0) is 30.3 Å². The number of nitrogens with one attached hydrogen (secondary N) is 2. The van der Waals surface area contributed by atoms with Crippen LogP contribution in [0.2, 0.25) is 0 Å². The number of likely N-dealkylation sites (tertiary alicyclic amines) is 1. The highest BCUT2D eigenvalue weighted by Crippen LogP contribution is 2.38. The second kappa shape index (κ2) is 12.8. The highest BCUT2D eigenvalue weighted by molar-refractivity contribution is 6.01. The molecule has 2 aromatic carbocycles. The first kappa shape index (κ1) is 31.2. The molecule has 5 rings (SSSR count). The molecule has 3 N–H and O–H groups in total. The Balaban J connectivity index is 1.27. The van der Waals surface area contributed by atoms with Crippen LogP contribution >= 0.6 is 0 Å². The van der Waals surface area contributed by atoms with Crippen molar-refractivity contribution in [3.05, 3.63) is 53.6 Å². The smallest absolute Gasteiger partial charge is 0.323 e. The van der Waals surface area contributed by atoms with Gasteiger partial charge in [-0.15, -0.1) is 0 Å². The quantitative estimate of drug-likeness (QED) is 0.409. The van der Waals surface area contributed by atoms with Crippen LogP contribution in [0.4, 0.5) is 16.2 Å². The first-order chi connectivity index (χ1) is 20.9. The molecule has 3 saturated heterocycles. The Kier molecular flexibility index (Phi) is 9.09. The topological polar surface area (TPSA) is 150 Å². The van der Waals surface area contributed by atoms with Crippen molar-refractivity contribution in [3.8, 4) is 5.75 Å². The molecule has 44 heavy (non-hydrogen) atoms. The monoisotopic (exact) mass is 609 g/mol. The molecule has 3 aliphatic rings. The zero-order valence-corrected chi connectivity index (χ0v) is 25.4. The lowest BCUT2D eigenvalue weighted by molar-refractivity contribution is -0.172. The molecule has 4 amide bonds. The van der Waals surface area contributed by atoms with E-state index in [1.54, 1.807) is 41.8 Å². The zero-order valence-electron chi connectivity index (χ0n) is 25.4. The van der Waals surface area contributed by atoms with Crippen LogP contribution in [0, 0.1) is 6.92 Å². The molecule has 3 aliphatic heterocycles. The van der Waals surface area contributed by atoms with Crippen molar-refractivity contribution in [2.75, 3.05) is 57.0 Å². The van der Waals surface area contributed by atoms with Crippen molar-refractivity contribution in [1.29, 1.82) is 0 Å². The van der Waals surface area contributed by atoms with Crippen molar-refractivity contribution >= 4 is 35.2 Å². The summed E-state index contributed by atoms with van der Waals surface area (Å²) in [7, 11) is 1.48. The summed E-state index contributed by atoms with van der Waals surface area (Å²) in [6.07, 6.45) is -1.08. The maximum atomic E-state index is 13.8. The number of nitrogens with zero attached hydrogens (tertiary/aromatic N) is 3. The molecule has 0 aliphatic carbocycles. The van der Waals surface area contributed by atoms with Crippen molar-refractivity contribution in [3.63, 3.8) is 0 Å². The minimum absolute atomic E-state index is 0.00888. The summed E-state index contributed by atoms with van der Waals surface area (Å²) in [5.41, 5.74) is 2.68. The lowest BCUT2D eigenvalue weighted by atomic mass is 10.1. The van der Waals surface area contributed by atoms with E-state index < -0.39 is 36.0 Å². The van der Waals surface area contributed by atoms with Crippen LogP contribution < -0.4 is 15.4 Å². The fraction of sp³-hybridized carbons (Fsp3) is 0.484. The van der Waals surface area contributed by atoms with E-state index in [4.69, 9.17) is 19.3 Å². The Morgan fingerprint density at radius 1 is 1.00 bits per heavy atom. The standard InChI is InChI=1S/C31H39N5O8/c1-19-7-5-6-8-21(19)32-30(41)33-22-10-9-20(15-23(22)42-4)16-25(37)36-17-24-28(44-31(2,3)43-24)27(36)29(40)35-13-11-34(12-14-35)18-26(38)39/h5-10,15,24,27-28H,11-14,16-18H2,1-4H3,(H,38,39)(H2,32,33,41)/t24-,27-,28-/m0/s1. The Morgan fingerprint density at radius 3 is 2.39 bits per heavy atom. The van der Waals surface area contributed by atoms with E-state index in [-0.39, 0.29) is 31.3 Å². The fourth-order valence-corrected chi connectivity index (χ4v) is 6.01. The Morgan fingerprint density at radius 2 is 1.70 bits per heavy atom. The normalized spacial score (nSPS) is 22.8. The number of urea groups is 1. The predicted octanol–water partition coefficient (Wildman–Crippen LogP) is 2.15. The maximum Gasteiger partial charge on any atom is 0.323 e. The summed E-state index contributed by atoms with van der Waals surface area (Å²) in [6.45, 7) is 7.16. The van der Waals surface area contributed by atoms with Crippen LogP contribution in [0.15, 0.2) is 42.5 Å². The SMILES string of the molecule is COc1cc(CC(=O)N2C[C@@H]3OC(C)(C)O[C@@H]3[C@H]2C(=O)N2CCN(CC(=O)O)CC2)ccc1NC(=O)Nc1ccccc1C. The van der Waals surface area contributed by atoms with Crippen molar-refractivity contribution in [2.45, 2.75) is 51.2 Å². The maximum absolute atomic E-state index is 13.8. The lowest BCUT2D eigenvalue weighted by Gasteiger charge is -2.38. The van der Waals surface area contributed by atoms with Gasteiger partial charge in [0.2, 0.25) is 11.8 Å². The van der Waals surface area contributed by atoms with Gasteiger partial charge in [-0.3, -0.25) is 19.3 Å². The van der Waals surface area contributed by atoms with E-state index in [2.05, 4.69) is 10.6 Å². The molecule has 0 saturated carbocycles. The number of aryl methyl sites for hydroxylation is 1. The minimum atomic E-state index is -0.912. The van der Waals surface area contributed by atoms with Crippen LogP contribution in [0.1, 0.15) is 25.0 Å². The third-order valence-corrected chi connectivity index (χ3v) is 8.12. The molecular weight excluding hydrogens is 570 g/mol. The first-order valence-electron chi connectivity index (χ1n) is 14.6. The van der Waals surface area contributed by atoms with Gasteiger partial charge in [0.1, 0.15) is 24.0 Å². The van der Waals surface area contributed by atoms with Crippen molar-refractivity contribution < 1.29 is 38.5 Å². The van der Waals surface area contributed by atoms with Gasteiger partial charge in [-0.2, -0.15) is 0 Å². The second-order valence-corrected chi connectivity index (χ2v) is 11.7. The number of hydrogen-bond acceptors (Lipinski definition) is 8. The van der Waals surface area contributed by atoms with E-state index >= 15 is 0 Å².